The van der Waals surface area contributed by atoms with Crippen molar-refractivity contribution in [3.63, 3.8) is 0 Å². The van der Waals surface area contributed by atoms with Crippen molar-refractivity contribution < 1.29 is 4.11 Å². The summed E-state index contributed by atoms with van der Waals surface area (Å²) in [6.45, 7) is -1.75. The summed E-state index contributed by atoms with van der Waals surface area (Å²) in [5.41, 5.74) is 7.06. The Morgan fingerprint density at radius 3 is 2.80 bits per heavy atom. The minimum absolute atomic E-state index is 0.330. The molecule has 0 aliphatic heterocycles. The van der Waals surface area contributed by atoms with Crippen molar-refractivity contribution in [1.82, 2.24) is 5.32 Å². The van der Waals surface area contributed by atoms with Crippen molar-refractivity contribution >= 4 is 5.69 Å². The largest absolute Gasteiger partial charge is 0.399 e. The SMILES string of the molecule is [2H]C([2H])([2H])NCc1ccc(N)cc1. The van der Waals surface area contributed by atoms with Crippen LogP contribution < -0.4 is 11.1 Å². The maximum absolute atomic E-state index is 6.92. The van der Waals surface area contributed by atoms with Gasteiger partial charge in [0, 0.05) is 16.3 Å². The molecule has 54 valence electrons. The van der Waals surface area contributed by atoms with Crippen molar-refractivity contribution in [1.29, 1.82) is 0 Å². The molecule has 0 aliphatic rings. The summed E-state index contributed by atoms with van der Waals surface area (Å²) in [5.74, 6) is 0. The topological polar surface area (TPSA) is 38.0 Å². The molecule has 3 N–H and O–H groups in total. The van der Waals surface area contributed by atoms with E-state index in [1.165, 1.54) is 0 Å². The molecule has 1 aromatic carbocycles. The van der Waals surface area contributed by atoms with Gasteiger partial charge < -0.3 is 11.1 Å². The molecule has 2 nitrogen and oxygen atoms in total. The van der Waals surface area contributed by atoms with E-state index < -0.39 is 6.98 Å². The number of rotatable bonds is 2. The fourth-order valence-electron chi connectivity index (χ4n) is 0.738. The lowest BCUT2D eigenvalue weighted by Crippen LogP contribution is -2.04. The summed E-state index contributed by atoms with van der Waals surface area (Å²) >= 11 is 0. The van der Waals surface area contributed by atoms with Gasteiger partial charge >= 0.3 is 0 Å². The minimum Gasteiger partial charge on any atom is -0.399 e. The third kappa shape index (κ3) is 1.74. The molecule has 0 saturated carbocycles. The Morgan fingerprint density at radius 1 is 1.50 bits per heavy atom. The molecule has 1 aromatic rings. The highest BCUT2D eigenvalue weighted by atomic mass is 14.8. The highest BCUT2D eigenvalue weighted by Crippen LogP contribution is 2.04. The Labute approximate surface area is 65.3 Å². The third-order valence-corrected chi connectivity index (χ3v) is 1.27. The monoisotopic (exact) mass is 139 g/mol. The van der Waals surface area contributed by atoms with E-state index in [4.69, 9.17) is 9.85 Å². The van der Waals surface area contributed by atoms with Crippen LogP contribution in [0.4, 0.5) is 5.69 Å². The Morgan fingerprint density at radius 2 is 2.20 bits per heavy atom. The van der Waals surface area contributed by atoms with E-state index in [2.05, 4.69) is 5.32 Å². The first-order chi connectivity index (χ1) is 5.97. The van der Waals surface area contributed by atoms with E-state index in [9.17, 15) is 0 Å². The van der Waals surface area contributed by atoms with Gasteiger partial charge in [0.25, 0.3) is 0 Å². The first kappa shape index (κ1) is 3.98. The zero-order valence-corrected chi connectivity index (χ0v) is 5.59. The summed E-state index contributed by atoms with van der Waals surface area (Å²) in [6, 6.07) is 7.09. The van der Waals surface area contributed by atoms with Crippen molar-refractivity contribution in [2.45, 2.75) is 6.54 Å². The molecule has 0 fully saturated rings. The van der Waals surface area contributed by atoms with Crippen LogP contribution in [0.15, 0.2) is 24.3 Å². The van der Waals surface area contributed by atoms with Gasteiger partial charge in [-0.15, -0.1) is 0 Å². The van der Waals surface area contributed by atoms with Crippen LogP contribution in [0.25, 0.3) is 0 Å². The molecule has 0 amide bonds. The summed E-state index contributed by atoms with van der Waals surface area (Å²) in [7, 11) is 0. The Kier molecular flexibility index (Phi) is 1.28. The van der Waals surface area contributed by atoms with Crippen molar-refractivity contribution in [2.75, 3.05) is 12.7 Å². The molecule has 0 aliphatic carbocycles. The average molecular weight is 139 g/mol. The molecule has 0 heterocycles. The average Bonchev–Trinajstić information content (AvgIpc) is 2.02. The van der Waals surface area contributed by atoms with E-state index >= 15 is 0 Å². The van der Waals surface area contributed by atoms with E-state index in [-0.39, 0.29) is 0 Å². The highest BCUT2D eigenvalue weighted by Gasteiger charge is 1.87. The molecule has 10 heavy (non-hydrogen) atoms. The molecule has 0 aromatic heterocycles. The highest BCUT2D eigenvalue weighted by molar-refractivity contribution is 5.39. The van der Waals surface area contributed by atoms with Crippen LogP contribution in [0.2, 0.25) is 0 Å². The molecule has 2 heteroatoms. The number of nitrogens with one attached hydrogen (secondary N) is 1. The van der Waals surface area contributed by atoms with Crippen LogP contribution in [0, 0.1) is 0 Å². The normalized spacial score (nSPS) is 15.4. The molecule has 0 atom stereocenters. The van der Waals surface area contributed by atoms with Crippen LogP contribution in [0.5, 0.6) is 0 Å². The summed E-state index contributed by atoms with van der Waals surface area (Å²) < 4.78 is 20.8. The van der Waals surface area contributed by atoms with Gasteiger partial charge in [-0.2, -0.15) is 0 Å². The maximum Gasteiger partial charge on any atom is 0.0391 e. The quantitative estimate of drug-likeness (QED) is 0.600. The second-order valence-corrected chi connectivity index (χ2v) is 2.10. The fourth-order valence-corrected chi connectivity index (χ4v) is 0.738. The first-order valence-electron chi connectivity index (χ1n) is 4.57. The fraction of sp³-hybridized carbons (Fsp3) is 0.250. The van der Waals surface area contributed by atoms with Gasteiger partial charge in [-0.3, -0.25) is 0 Å². The lowest BCUT2D eigenvalue weighted by molar-refractivity contribution is 0.818. The molecule has 0 radical (unpaired) electrons. The molecule has 0 spiro atoms. The predicted molar refractivity (Wildman–Crippen MR) is 43.6 cm³/mol. The van der Waals surface area contributed by atoms with Crippen LogP contribution in [-0.4, -0.2) is 6.98 Å². The Bertz CT molecular complexity index is 266. The first-order valence-corrected chi connectivity index (χ1v) is 3.07. The number of nitrogens with two attached hydrogens (primary N) is 1. The van der Waals surface area contributed by atoms with Crippen molar-refractivity contribution in [3.05, 3.63) is 29.8 Å². The van der Waals surface area contributed by atoms with Gasteiger partial charge in [-0.05, 0) is 24.7 Å². The zero-order chi connectivity index (χ0) is 9.90. The summed E-state index contributed by atoms with van der Waals surface area (Å²) in [5, 5.41) is 2.42. The smallest absolute Gasteiger partial charge is 0.0391 e. The van der Waals surface area contributed by atoms with Gasteiger partial charge in [0.1, 0.15) is 0 Å². The second-order valence-electron chi connectivity index (χ2n) is 2.10. The van der Waals surface area contributed by atoms with Gasteiger partial charge in [-0.1, -0.05) is 12.1 Å². The summed E-state index contributed by atoms with van der Waals surface area (Å²) in [4.78, 5) is 0. The number of benzene rings is 1. The van der Waals surface area contributed by atoms with Crippen molar-refractivity contribution in [2.24, 2.45) is 0 Å². The summed E-state index contributed by atoms with van der Waals surface area (Å²) in [6.07, 6.45) is 0. The number of anilines is 1. The molecule has 1 rings (SSSR count). The van der Waals surface area contributed by atoms with Gasteiger partial charge in [0.05, 0.1) is 0 Å². The third-order valence-electron chi connectivity index (χ3n) is 1.27. The molecule has 0 unspecified atom stereocenters. The van der Waals surface area contributed by atoms with Gasteiger partial charge in [0.15, 0.2) is 0 Å². The molecular weight excluding hydrogens is 124 g/mol. The number of nitrogen functional groups attached to an aromatic ring is 1. The standard InChI is InChI=1S/C8H12N2/c1-10-6-7-2-4-8(9)5-3-7/h2-5,10H,6,9H2,1H3/i1D3. The van der Waals surface area contributed by atoms with Crippen LogP contribution in [0.3, 0.4) is 0 Å². The van der Waals surface area contributed by atoms with Crippen LogP contribution in [-0.2, 0) is 6.54 Å². The van der Waals surface area contributed by atoms with E-state index in [1.54, 1.807) is 24.3 Å². The zero-order valence-electron chi connectivity index (χ0n) is 8.59. The second kappa shape index (κ2) is 3.22. The molecule has 0 bridgehead atoms. The Hall–Kier alpha value is -1.02. The molecule has 0 saturated heterocycles. The van der Waals surface area contributed by atoms with E-state index in [0.717, 1.165) is 5.56 Å². The van der Waals surface area contributed by atoms with E-state index in [0.29, 0.717) is 12.2 Å². The lowest BCUT2D eigenvalue weighted by Gasteiger charge is -1.98. The molecular formula is C8H12N2. The predicted octanol–water partition coefficient (Wildman–Crippen LogP) is 0.988. The minimum atomic E-state index is -2.08. The maximum atomic E-state index is 6.92. The number of hydrogen-bond donors (Lipinski definition) is 2. The van der Waals surface area contributed by atoms with Gasteiger partial charge in [0.2, 0.25) is 0 Å². The van der Waals surface area contributed by atoms with Crippen molar-refractivity contribution in [3.8, 4) is 0 Å². The van der Waals surface area contributed by atoms with Crippen LogP contribution in [0.1, 0.15) is 9.68 Å². The number of hydrogen-bond acceptors (Lipinski definition) is 2. The van der Waals surface area contributed by atoms with E-state index in [1.807, 2.05) is 0 Å². The van der Waals surface area contributed by atoms with Crippen LogP contribution >= 0.6 is 0 Å². The Balaban J connectivity index is 2.51. The van der Waals surface area contributed by atoms with Gasteiger partial charge in [-0.25, -0.2) is 0 Å². The lowest BCUT2D eigenvalue weighted by atomic mass is 10.2.